The molecule has 0 unspecified atom stereocenters. The van der Waals surface area contributed by atoms with Crippen molar-refractivity contribution in [3.05, 3.63) is 34.5 Å². The van der Waals surface area contributed by atoms with E-state index in [4.69, 9.17) is 0 Å². The van der Waals surface area contributed by atoms with Gasteiger partial charge in [0.15, 0.2) is 0 Å². The molecule has 1 aromatic carbocycles. The largest absolute Gasteiger partial charge is 0.477 e. The number of carboxylic acids is 1. The second-order valence-corrected chi connectivity index (χ2v) is 6.44. The summed E-state index contributed by atoms with van der Waals surface area (Å²) in [7, 11) is 0. The van der Waals surface area contributed by atoms with E-state index >= 15 is 0 Å². The molecule has 0 aliphatic carbocycles. The van der Waals surface area contributed by atoms with Gasteiger partial charge in [-0.2, -0.15) is 0 Å². The van der Waals surface area contributed by atoms with Gasteiger partial charge in [-0.15, -0.1) is 11.3 Å². The van der Waals surface area contributed by atoms with Crippen LogP contribution in [0, 0.1) is 5.82 Å². The molecule has 0 bridgehead atoms. The molecule has 0 atom stereocenters. The molecule has 0 radical (unpaired) electrons. The summed E-state index contributed by atoms with van der Waals surface area (Å²) in [6, 6.07) is 5.08. The Morgan fingerprint density at radius 3 is 2.71 bits per heavy atom. The zero-order chi connectivity index (χ0) is 15.6. The van der Waals surface area contributed by atoms with E-state index in [9.17, 15) is 14.3 Å². The maximum atomic E-state index is 14.2. The van der Waals surface area contributed by atoms with Crippen LogP contribution in [-0.4, -0.2) is 28.6 Å². The van der Waals surface area contributed by atoms with Gasteiger partial charge < -0.3 is 5.11 Å². The number of aromatic carboxylic acids is 1. The first kappa shape index (κ1) is 15.9. The van der Waals surface area contributed by atoms with E-state index in [1.54, 1.807) is 12.1 Å². The van der Waals surface area contributed by atoms with Gasteiger partial charge in [-0.05, 0) is 38.9 Å². The first-order chi connectivity index (χ1) is 9.95. The van der Waals surface area contributed by atoms with Crippen molar-refractivity contribution in [1.29, 1.82) is 0 Å². The van der Waals surface area contributed by atoms with E-state index in [1.807, 2.05) is 0 Å². The molecule has 0 spiro atoms. The maximum absolute atomic E-state index is 14.2. The van der Waals surface area contributed by atoms with E-state index in [1.165, 1.54) is 6.07 Å². The lowest BCUT2D eigenvalue weighted by atomic mass is 10.1. The van der Waals surface area contributed by atoms with E-state index in [-0.39, 0.29) is 16.7 Å². The smallest absolute Gasteiger partial charge is 0.346 e. The molecule has 2 aromatic rings. The van der Waals surface area contributed by atoms with E-state index in [0.717, 1.165) is 24.3 Å². The summed E-state index contributed by atoms with van der Waals surface area (Å²) < 4.78 is 14.9. The average Bonchev–Trinajstić information content (AvgIpc) is 2.78. The van der Waals surface area contributed by atoms with Gasteiger partial charge in [0.1, 0.15) is 10.7 Å². The van der Waals surface area contributed by atoms with Crippen LogP contribution in [0.1, 0.15) is 42.4 Å². The van der Waals surface area contributed by atoms with Crippen LogP contribution in [0.4, 0.5) is 4.39 Å². The normalized spacial score (nSPS) is 11.7. The minimum Gasteiger partial charge on any atom is -0.477 e. The number of carboxylic acid groups (broad SMARTS) is 1. The number of hydrogen-bond acceptors (Lipinski definition) is 3. The molecule has 0 amide bonds. The van der Waals surface area contributed by atoms with Gasteiger partial charge in [0, 0.05) is 28.2 Å². The van der Waals surface area contributed by atoms with Gasteiger partial charge in [-0.25, -0.2) is 9.18 Å². The molecule has 1 aromatic heterocycles. The van der Waals surface area contributed by atoms with Crippen LogP contribution in [0.15, 0.2) is 18.2 Å². The van der Waals surface area contributed by atoms with Crippen molar-refractivity contribution in [2.24, 2.45) is 0 Å². The molecule has 2 rings (SSSR count). The highest BCUT2D eigenvalue weighted by Gasteiger charge is 2.22. The van der Waals surface area contributed by atoms with Crippen LogP contribution in [0.5, 0.6) is 0 Å². The number of carbonyl (C=O) groups is 1. The maximum Gasteiger partial charge on any atom is 0.346 e. The molecule has 0 fully saturated rings. The Labute approximate surface area is 128 Å². The van der Waals surface area contributed by atoms with Crippen LogP contribution in [0.2, 0.25) is 0 Å². The summed E-state index contributed by atoms with van der Waals surface area (Å²) in [5.41, 5.74) is 0.600. The van der Waals surface area contributed by atoms with E-state index in [0.29, 0.717) is 22.2 Å². The van der Waals surface area contributed by atoms with Gasteiger partial charge in [-0.1, -0.05) is 13.0 Å². The third-order valence-electron chi connectivity index (χ3n) is 3.56. The predicted molar refractivity (Wildman–Crippen MR) is 84.6 cm³/mol. The summed E-state index contributed by atoms with van der Waals surface area (Å²) in [6.07, 6.45) is 0.977. The van der Waals surface area contributed by atoms with Crippen LogP contribution in [0.25, 0.3) is 10.1 Å². The molecule has 5 heteroatoms. The third kappa shape index (κ3) is 3.24. The minimum atomic E-state index is -0.981. The van der Waals surface area contributed by atoms with Crippen molar-refractivity contribution in [3.63, 3.8) is 0 Å². The fourth-order valence-corrected chi connectivity index (χ4v) is 3.57. The Balaban J connectivity index is 2.54. The topological polar surface area (TPSA) is 40.5 Å². The molecule has 21 heavy (non-hydrogen) atoms. The van der Waals surface area contributed by atoms with Crippen molar-refractivity contribution in [2.45, 2.75) is 39.8 Å². The van der Waals surface area contributed by atoms with Crippen LogP contribution in [-0.2, 0) is 6.54 Å². The second-order valence-electron chi connectivity index (χ2n) is 5.39. The number of benzene rings is 1. The van der Waals surface area contributed by atoms with E-state index in [2.05, 4.69) is 25.7 Å². The van der Waals surface area contributed by atoms with Crippen LogP contribution in [0.3, 0.4) is 0 Å². The molecule has 1 heterocycles. The summed E-state index contributed by atoms with van der Waals surface area (Å²) >= 11 is 1.15. The monoisotopic (exact) mass is 309 g/mol. The Kier molecular flexibility index (Phi) is 4.96. The van der Waals surface area contributed by atoms with Gasteiger partial charge in [0.25, 0.3) is 0 Å². The summed E-state index contributed by atoms with van der Waals surface area (Å²) in [4.78, 5) is 13.9. The van der Waals surface area contributed by atoms with Crippen molar-refractivity contribution < 1.29 is 14.3 Å². The number of thiophene rings is 1. The number of fused-ring (bicyclic) bond motifs is 1. The molecular weight excluding hydrogens is 289 g/mol. The number of halogens is 1. The Morgan fingerprint density at radius 2 is 2.14 bits per heavy atom. The Bertz CT molecular complexity index is 651. The predicted octanol–water partition coefficient (Wildman–Crippen LogP) is 4.36. The molecule has 1 N–H and O–H groups in total. The minimum absolute atomic E-state index is 0.247. The molecular formula is C16H20FNO2S. The molecule has 0 aliphatic heterocycles. The van der Waals surface area contributed by atoms with Gasteiger partial charge in [0.05, 0.1) is 0 Å². The van der Waals surface area contributed by atoms with Crippen molar-refractivity contribution >= 4 is 27.4 Å². The van der Waals surface area contributed by atoms with Gasteiger partial charge in [-0.3, -0.25) is 4.90 Å². The zero-order valence-corrected chi connectivity index (χ0v) is 13.3. The fourth-order valence-electron chi connectivity index (χ4n) is 2.50. The highest BCUT2D eigenvalue weighted by Crippen LogP contribution is 2.34. The molecule has 0 saturated carbocycles. The fraction of sp³-hybridized carbons (Fsp3) is 0.438. The lowest BCUT2D eigenvalue weighted by Gasteiger charge is -2.26. The third-order valence-corrected chi connectivity index (χ3v) is 4.75. The van der Waals surface area contributed by atoms with Crippen molar-refractivity contribution in [3.8, 4) is 0 Å². The molecule has 3 nitrogen and oxygen atoms in total. The van der Waals surface area contributed by atoms with E-state index < -0.39 is 5.97 Å². The quantitative estimate of drug-likeness (QED) is 0.862. The first-order valence-electron chi connectivity index (χ1n) is 7.12. The summed E-state index contributed by atoms with van der Waals surface area (Å²) in [5, 5.41) is 9.87. The zero-order valence-electron chi connectivity index (χ0n) is 12.5. The lowest BCUT2D eigenvalue weighted by molar-refractivity contribution is 0.0699. The second kappa shape index (κ2) is 6.54. The van der Waals surface area contributed by atoms with Crippen molar-refractivity contribution in [2.75, 3.05) is 6.54 Å². The highest BCUT2D eigenvalue weighted by atomic mass is 32.1. The van der Waals surface area contributed by atoms with Gasteiger partial charge >= 0.3 is 5.97 Å². The number of nitrogens with zero attached hydrogens (tertiary/aromatic N) is 1. The Hall–Kier alpha value is -1.46. The summed E-state index contributed by atoms with van der Waals surface area (Å²) in [6.45, 7) is 7.55. The van der Waals surface area contributed by atoms with Crippen LogP contribution < -0.4 is 0 Å². The number of hydrogen-bond donors (Lipinski definition) is 1. The van der Waals surface area contributed by atoms with Crippen molar-refractivity contribution in [1.82, 2.24) is 4.90 Å². The SMILES string of the molecule is CCCN(Cc1c(C(=O)O)sc2cccc(F)c12)C(C)C. The average molecular weight is 309 g/mol. The molecule has 0 aliphatic rings. The summed E-state index contributed by atoms with van der Waals surface area (Å²) in [5.74, 6) is -1.32. The Morgan fingerprint density at radius 1 is 1.43 bits per heavy atom. The standard InChI is InChI=1S/C16H20FNO2S/c1-4-8-18(10(2)3)9-11-14-12(17)6-5-7-13(14)21-15(11)16(19)20/h5-7,10H,4,8-9H2,1-3H3,(H,19,20). The van der Waals surface area contributed by atoms with Crippen LogP contribution >= 0.6 is 11.3 Å². The lowest BCUT2D eigenvalue weighted by Crippen LogP contribution is -2.31. The first-order valence-corrected chi connectivity index (χ1v) is 7.94. The highest BCUT2D eigenvalue weighted by molar-refractivity contribution is 7.21. The molecule has 114 valence electrons. The number of rotatable bonds is 6. The molecule has 0 saturated heterocycles. The van der Waals surface area contributed by atoms with Gasteiger partial charge in [0.2, 0.25) is 0 Å².